The number of carbonyl (C=O) groups excluding carboxylic acids is 1. The van der Waals surface area contributed by atoms with E-state index in [9.17, 15) is 4.79 Å². The first-order valence-corrected chi connectivity index (χ1v) is 9.91. The third-order valence-corrected chi connectivity index (χ3v) is 5.67. The standard InChI is InChI=1S/C25H26N2O/c1-19(2)25(21-13-7-4-8-14-21)26-23-16-10-9-15-22(23)24(28)27(25)18-17-20-11-5-3-6-12-20/h3-16,19,26H,17-18H2,1-2H3. The maximum Gasteiger partial charge on any atom is 0.258 e. The second kappa shape index (κ2) is 7.51. The smallest absolute Gasteiger partial charge is 0.258 e. The molecule has 0 bridgehead atoms. The molecule has 1 amide bonds. The lowest BCUT2D eigenvalue weighted by Gasteiger charge is -2.51. The summed E-state index contributed by atoms with van der Waals surface area (Å²) >= 11 is 0. The highest BCUT2D eigenvalue weighted by atomic mass is 16.2. The minimum absolute atomic E-state index is 0.0860. The Kier molecular flexibility index (Phi) is 4.91. The summed E-state index contributed by atoms with van der Waals surface area (Å²) in [6.07, 6.45) is 0.817. The molecule has 1 N–H and O–H groups in total. The fourth-order valence-electron chi connectivity index (χ4n) is 4.23. The largest absolute Gasteiger partial charge is 0.358 e. The molecule has 3 aromatic carbocycles. The number of fused-ring (bicyclic) bond motifs is 1. The highest BCUT2D eigenvalue weighted by Crippen LogP contribution is 2.42. The van der Waals surface area contributed by atoms with Gasteiger partial charge in [0.05, 0.1) is 5.56 Å². The van der Waals surface area contributed by atoms with Crippen LogP contribution in [-0.2, 0) is 12.1 Å². The zero-order valence-corrected chi connectivity index (χ0v) is 16.4. The van der Waals surface area contributed by atoms with Crippen molar-refractivity contribution in [2.45, 2.75) is 25.9 Å². The predicted molar refractivity (Wildman–Crippen MR) is 114 cm³/mol. The molecule has 1 atom stereocenters. The van der Waals surface area contributed by atoms with Crippen molar-refractivity contribution in [1.82, 2.24) is 4.90 Å². The zero-order chi connectivity index (χ0) is 19.6. The molecule has 0 aromatic heterocycles. The van der Waals surface area contributed by atoms with Crippen molar-refractivity contribution in [3.05, 3.63) is 102 Å². The van der Waals surface area contributed by atoms with Gasteiger partial charge in [0, 0.05) is 12.2 Å². The topological polar surface area (TPSA) is 32.3 Å². The monoisotopic (exact) mass is 370 g/mol. The van der Waals surface area contributed by atoms with Crippen LogP contribution in [0, 0.1) is 5.92 Å². The van der Waals surface area contributed by atoms with Crippen LogP contribution in [0.4, 0.5) is 5.69 Å². The minimum atomic E-state index is -0.582. The van der Waals surface area contributed by atoms with Gasteiger partial charge in [0.15, 0.2) is 0 Å². The van der Waals surface area contributed by atoms with Gasteiger partial charge < -0.3 is 10.2 Å². The summed E-state index contributed by atoms with van der Waals surface area (Å²) < 4.78 is 0. The van der Waals surface area contributed by atoms with Crippen LogP contribution in [0.15, 0.2) is 84.9 Å². The fraction of sp³-hybridized carbons (Fsp3) is 0.240. The third kappa shape index (κ3) is 3.07. The van der Waals surface area contributed by atoms with Crippen molar-refractivity contribution in [2.75, 3.05) is 11.9 Å². The number of carbonyl (C=O) groups is 1. The molecule has 1 heterocycles. The van der Waals surface area contributed by atoms with Crippen molar-refractivity contribution >= 4 is 11.6 Å². The van der Waals surface area contributed by atoms with E-state index in [0.717, 1.165) is 23.2 Å². The van der Waals surface area contributed by atoms with E-state index in [0.29, 0.717) is 6.54 Å². The van der Waals surface area contributed by atoms with Gasteiger partial charge in [0.1, 0.15) is 5.66 Å². The van der Waals surface area contributed by atoms with Crippen LogP contribution >= 0.6 is 0 Å². The van der Waals surface area contributed by atoms with Gasteiger partial charge in [-0.25, -0.2) is 0 Å². The second-order valence-electron chi connectivity index (χ2n) is 7.65. The Morgan fingerprint density at radius 1 is 0.857 bits per heavy atom. The predicted octanol–water partition coefficient (Wildman–Crippen LogP) is 5.31. The fourth-order valence-corrected chi connectivity index (χ4v) is 4.23. The molecule has 0 saturated carbocycles. The molecule has 0 radical (unpaired) electrons. The molecule has 4 rings (SSSR count). The van der Waals surface area contributed by atoms with Crippen LogP contribution in [0.5, 0.6) is 0 Å². The summed E-state index contributed by atoms with van der Waals surface area (Å²) in [6, 6.07) is 28.5. The van der Waals surface area contributed by atoms with Crippen molar-refractivity contribution in [1.29, 1.82) is 0 Å². The van der Waals surface area contributed by atoms with E-state index >= 15 is 0 Å². The number of para-hydroxylation sites is 1. The third-order valence-electron chi connectivity index (χ3n) is 5.67. The van der Waals surface area contributed by atoms with Gasteiger partial charge in [0.2, 0.25) is 0 Å². The van der Waals surface area contributed by atoms with Crippen molar-refractivity contribution in [3.63, 3.8) is 0 Å². The molecule has 142 valence electrons. The SMILES string of the molecule is CC(C)C1(c2ccccc2)Nc2ccccc2C(=O)N1CCc1ccccc1. The number of nitrogens with zero attached hydrogens (tertiary/aromatic N) is 1. The maximum atomic E-state index is 13.6. The summed E-state index contributed by atoms with van der Waals surface area (Å²) in [4.78, 5) is 15.6. The second-order valence-corrected chi connectivity index (χ2v) is 7.65. The molecule has 0 spiro atoms. The van der Waals surface area contributed by atoms with E-state index in [-0.39, 0.29) is 11.8 Å². The Morgan fingerprint density at radius 3 is 2.14 bits per heavy atom. The van der Waals surface area contributed by atoms with Gasteiger partial charge in [0.25, 0.3) is 5.91 Å². The van der Waals surface area contributed by atoms with E-state index in [1.54, 1.807) is 0 Å². The Bertz CT molecular complexity index is 953. The quantitative estimate of drug-likeness (QED) is 0.660. The molecule has 1 unspecified atom stereocenters. The number of rotatable bonds is 5. The molecule has 0 saturated heterocycles. The van der Waals surface area contributed by atoms with E-state index in [1.807, 2.05) is 65.6 Å². The average molecular weight is 370 g/mol. The normalized spacial score (nSPS) is 18.7. The highest BCUT2D eigenvalue weighted by Gasteiger charge is 2.47. The van der Waals surface area contributed by atoms with Crippen LogP contribution in [0.1, 0.15) is 35.3 Å². The molecular weight excluding hydrogens is 344 g/mol. The summed E-state index contributed by atoms with van der Waals surface area (Å²) in [5.74, 6) is 0.269. The Balaban J connectivity index is 1.81. The van der Waals surface area contributed by atoms with E-state index in [2.05, 4.69) is 43.4 Å². The van der Waals surface area contributed by atoms with E-state index < -0.39 is 5.66 Å². The first-order chi connectivity index (χ1) is 13.6. The number of amides is 1. The molecule has 1 aliphatic heterocycles. The Labute approximate surface area is 167 Å². The number of hydrogen-bond donors (Lipinski definition) is 1. The number of nitrogens with one attached hydrogen (secondary N) is 1. The lowest BCUT2D eigenvalue weighted by Crippen LogP contribution is -2.61. The number of benzene rings is 3. The lowest BCUT2D eigenvalue weighted by molar-refractivity contribution is 0.0361. The van der Waals surface area contributed by atoms with Crippen LogP contribution in [-0.4, -0.2) is 17.4 Å². The van der Waals surface area contributed by atoms with Crippen LogP contribution < -0.4 is 5.32 Å². The first-order valence-electron chi connectivity index (χ1n) is 9.91. The molecule has 3 heteroatoms. The summed E-state index contributed by atoms with van der Waals surface area (Å²) in [5, 5.41) is 3.75. The van der Waals surface area contributed by atoms with Gasteiger partial charge in [-0.05, 0) is 35.6 Å². The molecule has 3 nitrogen and oxygen atoms in total. The van der Waals surface area contributed by atoms with Crippen molar-refractivity contribution in [2.24, 2.45) is 5.92 Å². The molecule has 0 aliphatic carbocycles. The van der Waals surface area contributed by atoms with Gasteiger partial charge in [-0.2, -0.15) is 0 Å². The minimum Gasteiger partial charge on any atom is -0.358 e. The Hall–Kier alpha value is -3.07. The molecule has 1 aliphatic rings. The summed E-state index contributed by atoms with van der Waals surface area (Å²) in [5.41, 5.74) is 3.41. The maximum absolute atomic E-state index is 13.6. The first kappa shape index (κ1) is 18.3. The molecule has 0 fully saturated rings. The van der Waals surface area contributed by atoms with Gasteiger partial charge in [-0.1, -0.05) is 86.6 Å². The molecule has 28 heavy (non-hydrogen) atoms. The summed E-state index contributed by atoms with van der Waals surface area (Å²) in [7, 11) is 0. The van der Waals surface area contributed by atoms with Crippen molar-refractivity contribution in [3.8, 4) is 0 Å². The number of hydrogen-bond acceptors (Lipinski definition) is 2. The number of anilines is 1. The zero-order valence-electron chi connectivity index (χ0n) is 16.4. The van der Waals surface area contributed by atoms with Gasteiger partial charge >= 0.3 is 0 Å². The molecular formula is C25H26N2O. The van der Waals surface area contributed by atoms with Crippen LogP contribution in [0.2, 0.25) is 0 Å². The van der Waals surface area contributed by atoms with Gasteiger partial charge in [-0.15, -0.1) is 0 Å². The Morgan fingerprint density at radius 2 is 1.46 bits per heavy atom. The lowest BCUT2D eigenvalue weighted by atomic mass is 9.83. The van der Waals surface area contributed by atoms with E-state index in [4.69, 9.17) is 0 Å². The van der Waals surface area contributed by atoms with Crippen LogP contribution in [0.25, 0.3) is 0 Å². The average Bonchev–Trinajstić information content (AvgIpc) is 2.74. The van der Waals surface area contributed by atoms with E-state index in [1.165, 1.54) is 5.56 Å². The van der Waals surface area contributed by atoms with Gasteiger partial charge in [-0.3, -0.25) is 4.79 Å². The molecule has 3 aromatic rings. The highest BCUT2D eigenvalue weighted by molar-refractivity contribution is 6.02. The summed E-state index contributed by atoms with van der Waals surface area (Å²) in [6.45, 7) is 5.00. The van der Waals surface area contributed by atoms with Crippen LogP contribution in [0.3, 0.4) is 0 Å². The van der Waals surface area contributed by atoms with Crippen molar-refractivity contribution < 1.29 is 4.79 Å².